The number of aryl methyl sites for hydroxylation is 1. The molecule has 144 valence electrons. The first kappa shape index (κ1) is 18.6. The molecule has 0 radical (unpaired) electrons. The van der Waals surface area contributed by atoms with Crippen LogP contribution in [0.5, 0.6) is 0 Å². The van der Waals surface area contributed by atoms with Crippen LogP contribution in [0, 0.1) is 11.7 Å². The standard InChI is InChI=1S/C23H24FN3O/c1-26-21-8-3-2-7-20(21)23(25-26)22(28)10-9-17-11-13-27(14-12-17)16-18-5-4-6-19(24)15-18/h2-10,15,17H,11-14,16H2,1H3. The van der Waals surface area contributed by atoms with Gasteiger partial charge in [0.25, 0.3) is 0 Å². The second-order valence-electron chi connectivity index (χ2n) is 7.46. The SMILES string of the molecule is Cn1nc(C(=O)C=CC2CCN(Cc3cccc(F)c3)CC2)c2ccccc21. The van der Waals surface area contributed by atoms with Gasteiger partial charge in [0.2, 0.25) is 5.78 Å². The first-order valence-electron chi connectivity index (χ1n) is 9.71. The van der Waals surface area contributed by atoms with E-state index in [4.69, 9.17) is 0 Å². The number of likely N-dealkylation sites (tertiary alicyclic amines) is 1. The molecule has 0 aliphatic carbocycles. The van der Waals surface area contributed by atoms with E-state index >= 15 is 0 Å². The summed E-state index contributed by atoms with van der Waals surface area (Å²) in [6.07, 6.45) is 5.72. The normalized spacial score (nSPS) is 16.2. The number of benzene rings is 2. The second-order valence-corrected chi connectivity index (χ2v) is 7.46. The molecule has 1 aliphatic heterocycles. The van der Waals surface area contributed by atoms with Gasteiger partial charge in [0, 0.05) is 19.0 Å². The van der Waals surface area contributed by atoms with Crippen molar-refractivity contribution in [2.75, 3.05) is 13.1 Å². The van der Waals surface area contributed by atoms with Gasteiger partial charge in [-0.3, -0.25) is 14.4 Å². The maximum Gasteiger partial charge on any atom is 0.206 e. The van der Waals surface area contributed by atoms with E-state index in [1.54, 1.807) is 22.9 Å². The number of ketones is 1. The van der Waals surface area contributed by atoms with Crippen molar-refractivity contribution in [1.82, 2.24) is 14.7 Å². The molecule has 0 N–H and O–H groups in total. The molecule has 1 fully saturated rings. The second kappa shape index (κ2) is 8.07. The average molecular weight is 377 g/mol. The molecule has 0 saturated carbocycles. The highest BCUT2D eigenvalue weighted by Gasteiger charge is 2.19. The zero-order valence-corrected chi connectivity index (χ0v) is 16.0. The predicted molar refractivity (Wildman–Crippen MR) is 109 cm³/mol. The summed E-state index contributed by atoms with van der Waals surface area (Å²) < 4.78 is 15.1. The number of nitrogens with zero attached hydrogens (tertiary/aromatic N) is 3. The first-order valence-corrected chi connectivity index (χ1v) is 9.71. The van der Waals surface area contributed by atoms with Crippen LogP contribution in [-0.4, -0.2) is 33.6 Å². The number of carbonyl (C=O) groups is 1. The molecule has 0 amide bonds. The lowest BCUT2D eigenvalue weighted by molar-refractivity contribution is 0.104. The molecule has 0 atom stereocenters. The van der Waals surface area contributed by atoms with E-state index in [2.05, 4.69) is 10.00 Å². The van der Waals surface area contributed by atoms with E-state index < -0.39 is 0 Å². The Morgan fingerprint density at radius 1 is 1.18 bits per heavy atom. The Hall–Kier alpha value is -2.79. The fourth-order valence-corrected chi connectivity index (χ4v) is 3.90. The zero-order chi connectivity index (χ0) is 19.5. The van der Waals surface area contributed by atoms with Crippen LogP contribution in [0.3, 0.4) is 0 Å². The highest BCUT2D eigenvalue weighted by atomic mass is 19.1. The lowest BCUT2D eigenvalue weighted by Gasteiger charge is -2.30. The van der Waals surface area contributed by atoms with Gasteiger partial charge in [-0.25, -0.2) is 4.39 Å². The molecule has 28 heavy (non-hydrogen) atoms. The lowest BCUT2D eigenvalue weighted by Crippen LogP contribution is -2.32. The van der Waals surface area contributed by atoms with Gasteiger partial charge >= 0.3 is 0 Å². The number of hydrogen-bond acceptors (Lipinski definition) is 3. The van der Waals surface area contributed by atoms with E-state index in [0.29, 0.717) is 11.6 Å². The van der Waals surface area contributed by atoms with Crippen molar-refractivity contribution in [3.05, 3.63) is 77.8 Å². The summed E-state index contributed by atoms with van der Waals surface area (Å²) in [4.78, 5) is 15.0. The van der Waals surface area contributed by atoms with Crippen LogP contribution in [0.15, 0.2) is 60.7 Å². The molecule has 3 aromatic rings. The molecule has 1 aliphatic rings. The van der Waals surface area contributed by atoms with Crippen molar-refractivity contribution in [3.63, 3.8) is 0 Å². The van der Waals surface area contributed by atoms with Crippen LogP contribution in [0.1, 0.15) is 28.9 Å². The summed E-state index contributed by atoms with van der Waals surface area (Å²) in [5, 5.41) is 5.29. The smallest absolute Gasteiger partial charge is 0.206 e. The topological polar surface area (TPSA) is 38.1 Å². The Balaban J connectivity index is 1.35. The van der Waals surface area contributed by atoms with Crippen molar-refractivity contribution in [3.8, 4) is 0 Å². The van der Waals surface area contributed by atoms with E-state index in [9.17, 15) is 9.18 Å². The largest absolute Gasteiger partial charge is 0.299 e. The number of rotatable bonds is 5. The Morgan fingerprint density at radius 2 is 1.96 bits per heavy atom. The van der Waals surface area contributed by atoms with Crippen LogP contribution >= 0.6 is 0 Å². The zero-order valence-electron chi connectivity index (χ0n) is 16.0. The number of para-hydroxylation sites is 1. The van der Waals surface area contributed by atoms with E-state index in [0.717, 1.165) is 48.9 Å². The maximum atomic E-state index is 13.3. The summed E-state index contributed by atoms with van der Waals surface area (Å²) in [6.45, 7) is 2.67. The highest BCUT2D eigenvalue weighted by molar-refractivity contribution is 6.11. The molecule has 0 unspecified atom stereocenters. The number of carbonyl (C=O) groups excluding carboxylic acids is 1. The molecule has 2 heterocycles. The van der Waals surface area contributed by atoms with Gasteiger partial charge in [0.1, 0.15) is 11.5 Å². The van der Waals surface area contributed by atoms with Crippen LogP contribution in [0.25, 0.3) is 10.9 Å². The highest BCUT2D eigenvalue weighted by Crippen LogP contribution is 2.22. The van der Waals surface area contributed by atoms with Gasteiger partial charge in [-0.15, -0.1) is 0 Å². The number of hydrogen-bond donors (Lipinski definition) is 0. The van der Waals surface area contributed by atoms with Crippen molar-refractivity contribution >= 4 is 16.7 Å². The Morgan fingerprint density at radius 3 is 2.75 bits per heavy atom. The van der Waals surface area contributed by atoms with Crippen LogP contribution in [0.2, 0.25) is 0 Å². The van der Waals surface area contributed by atoms with Crippen LogP contribution in [0.4, 0.5) is 4.39 Å². The summed E-state index contributed by atoms with van der Waals surface area (Å²) in [5.41, 5.74) is 2.48. The molecule has 1 saturated heterocycles. The minimum Gasteiger partial charge on any atom is -0.299 e. The van der Waals surface area contributed by atoms with Gasteiger partial charge in [-0.1, -0.05) is 36.4 Å². The Bertz CT molecular complexity index is 1020. The van der Waals surface area contributed by atoms with Gasteiger partial charge in [-0.05, 0) is 61.7 Å². The number of aromatic nitrogens is 2. The molecule has 5 heteroatoms. The molecular formula is C23H24FN3O. The number of allylic oxidation sites excluding steroid dienone is 2. The summed E-state index contributed by atoms with van der Waals surface area (Å²) in [7, 11) is 1.86. The average Bonchev–Trinajstić information content (AvgIpc) is 3.04. The molecular weight excluding hydrogens is 353 g/mol. The minimum atomic E-state index is -0.184. The summed E-state index contributed by atoms with van der Waals surface area (Å²) >= 11 is 0. The van der Waals surface area contributed by atoms with E-state index in [1.165, 1.54) is 6.07 Å². The van der Waals surface area contributed by atoms with Crippen molar-refractivity contribution < 1.29 is 9.18 Å². The monoisotopic (exact) mass is 377 g/mol. The third-order valence-corrected chi connectivity index (χ3v) is 5.44. The number of halogens is 1. The fraction of sp³-hybridized carbons (Fsp3) is 0.304. The minimum absolute atomic E-state index is 0.0426. The Labute approximate surface area is 164 Å². The van der Waals surface area contributed by atoms with E-state index in [1.807, 2.05) is 43.5 Å². The number of fused-ring (bicyclic) bond motifs is 1. The molecule has 1 aromatic heterocycles. The number of piperidine rings is 1. The molecule has 2 aromatic carbocycles. The van der Waals surface area contributed by atoms with Crippen molar-refractivity contribution in [1.29, 1.82) is 0 Å². The quantitative estimate of drug-likeness (QED) is 0.490. The van der Waals surface area contributed by atoms with Crippen LogP contribution in [-0.2, 0) is 13.6 Å². The van der Waals surface area contributed by atoms with E-state index in [-0.39, 0.29) is 11.6 Å². The molecule has 4 rings (SSSR count). The third-order valence-electron chi connectivity index (χ3n) is 5.44. The fourth-order valence-electron chi connectivity index (χ4n) is 3.90. The summed E-state index contributed by atoms with van der Waals surface area (Å²) in [6, 6.07) is 14.6. The van der Waals surface area contributed by atoms with Crippen LogP contribution < -0.4 is 0 Å². The lowest BCUT2D eigenvalue weighted by atomic mass is 9.95. The molecule has 4 nitrogen and oxygen atoms in total. The summed E-state index contributed by atoms with van der Waals surface area (Å²) in [5.74, 6) is 0.164. The maximum absolute atomic E-state index is 13.3. The first-order chi connectivity index (χ1) is 13.6. The van der Waals surface area contributed by atoms with Gasteiger partial charge in [0.05, 0.1) is 5.52 Å². The predicted octanol–water partition coefficient (Wildman–Crippen LogP) is 4.36. The molecule has 0 spiro atoms. The third kappa shape index (κ3) is 4.04. The van der Waals surface area contributed by atoms with Gasteiger partial charge < -0.3 is 0 Å². The van der Waals surface area contributed by atoms with Crippen molar-refractivity contribution in [2.24, 2.45) is 13.0 Å². The van der Waals surface area contributed by atoms with Gasteiger partial charge in [-0.2, -0.15) is 5.10 Å². The molecule has 0 bridgehead atoms. The van der Waals surface area contributed by atoms with Gasteiger partial charge in [0.15, 0.2) is 0 Å². The van der Waals surface area contributed by atoms with Crippen molar-refractivity contribution in [2.45, 2.75) is 19.4 Å². The Kier molecular flexibility index (Phi) is 5.35.